The lowest BCUT2D eigenvalue weighted by atomic mass is 10.00. The Morgan fingerprint density at radius 2 is 2.00 bits per heavy atom. The molecule has 22 heavy (non-hydrogen) atoms. The fraction of sp³-hybridized carbons (Fsp3) is 0.412. The second-order valence-corrected chi connectivity index (χ2v) is 6.40. The third-order valence-electron chi connectivity index (χ3n) is 4.05. The normalized spacial score (nSPS) is 14.1. The van der Waals surface area contributed by atoms with Crippen molar-refractivity contribution in [2.24, 2.45) is 0 Å². The van der Waals surface area contributed by atoms with E-state index in [4.69, 9.17) is 11.6 Å². The molecule has 0 radical (unpaired) electrons. The standard InChI is InChI=1S/C17H21ClN4/c1-11(2)15-9-16(21-17(19-3)20-15)22-7-6-12-8-14(18)5-4-13(12)10-22/h4-5,8-9,11H,6-7,10H2,1-3H3,(H,19,20,21). The summed E-state index contributed by atoms with van der Waals surface area (Å²) in [6.07, 6.45) is 0.992. The molecule has 5 heteroatoms. The Hall–Kier alpha value is -1.81. The summed E-state index contributed by atoms with van der Waals surface area (Å²) >= 11 is 6.08. The second kappa shape index (κ2) is 6.13. The van der Waals surface area contributed by atoms with E-state index in [2.05, 4.69) is 52.2 Å². The third-order valence-corrected chi connectivity index (χ3v) is 4.29. The van der Waals surface area contributed by atoms with Crippen LogP contribution in [-0.4, -0.2) is 23.6 Å². The van der Waals surface area contributed by atoms with E-state index < -0.39 is 0 Å². The highest BCUT2D eigenvalue weighted by molar-refractivity contribution is 6.30. The van der Waals surface area contributed by atoms with Crippen molar-refractivity contribution in [3.63, 3.8) is 0 Å². The molecule has 0 unspecified atom stereocenters. The van der Waals surface area contributed by atoms with Crippen molar-refractivity contribution >= 4 is 23.4 Å². The van der Waals surface area contributed by atoms with Crippen LogP contribution in [0.1, 0.15) is 36.6 Å². The van der Waals surface area contributed by atoms with Crippen LogP contribution in [0.4, 0.5) is 11.8 Å². The Morgan fingerprint density at radius 3 is 2.73 bits per heavy atom. The summed E-state index contributed by atoms with van der Waals surface area (Å²) in [5.74, 6) is 2.05. The van der Waals surface area contributed by atoms with Gasteiger partial charge in [-0.05, 0) is 35.6 Å². The molecule has 1 aliphatic heterocycles. The lowest BCUT2D eigenvalue weighted by molar-refractivity contribution is 0.714. The van der Waals surface area contributed by atoms with Gasteiger partial charge in [0, 0.05) is 31.2 Å². The molecule has 1 aliphatic rings. The molecular formula is C17H21ClN4. The fourth-order valence-electron chi connectivity index (χ4n) is 2.74. The number of fused-ring (bicyclic) bond motifs is 1. The highest BCUT2D eigenvalue weighted by atomic mass is 35.5. The van der Waals surface area contributed by atoms with Gasteiger partial charge in [0.25, 0.3) is 0 Å². The molecule has 1 aromatic heterocycles. The fourth-order valence-corrected chi connectivity index (χ4v) is 2.93. The summed E-state index contributed by atoms with van der Waals surface area (Å²) in [6.45, 7) is 6.12. The van der Waals surface area contributed by atoms with Gasteiger partial charge in [-0.3, -0.25) is 0 Å². The molecule has 4 nitrogen and oxygen atoms in total. The van der Waals surface area contributed by atoms with E-state index in [0.717, 1.165) is 36.0 Å². The largest absolute Gasteiger partial charge is 0.357 e. The molecule has 0 saturated carbocycles. The molecular weight excluding hydrogens is 296 g/mol. The maximum Gasteiger partial charge on any atom is 0.224 e. The molecule has 1 N–H and O–H groups in total. The van der Waals surface area contributed by atoms with Crippen LogP contribution in [0.15, 0.2) is 24.3 Å². The molecule has 2 heterocycles. The Morgan fingerprint density at radius 1 is 1.18 bits per heavy atom. The maximum absolute atomic E-state index is 6.08. The van der Waals surface area contributed by atoms with E-state index in [1.54, 1.807) is 0 Å². The van der Waals surface area contributed by atoms with Crippen molar-refractivity contribution in [1.82, 2.24) is 9.97 Å². The smallest absolute Gasteiger partial charge is 0.224 e. The van der Waals surface area contributed by atoms with Gasteiger partial charge >= 0.3 is 0 Å². The summed E-state index contributed by atoms with van der Waals surface area (Å²) < 4.78 is 0. The lowest BCUT2D eigenvalue weighted by Gasteiger charge is -2.30. The van der Waals surface area contributed by atoms with E-state index >= 15 is 0 Å². The number of aromatic nitrogens is 2. The van der Waals surface area contributed by atoms with Crippen LogP contribution in [0, 0.1) is 0 Å². The summed E-state index contributed by atoms with van der Waals surface area (Å²) in [5, 5.41) is 3.88. The number of halogens is 1. The molecule has 0 atom stereocenters. The average Bonchev–Trinajstić information content (AvgIpc) is 2.53. The Kier molecular flexibility index (Phi) is 4.21. The van der Waals surface area contributed by atoms with E-state index in [9.17, 15) is 0 Å². The zero-order valence-corrected chi connectivity index (χ0v) is 14.0. The van der Waals surface area contributed by atoms with Crippen LogP contribution in [-0.2, 0) is 13.0 Å². The van der Waals surface area contributed by atoms with Crippen LogP contribution in [0.25, 0.3) is 0 Å². The molecule has 0 bridgehead atoms. The van der Waals surface area contributed by atoms with Crippen molar-refractivity contribution in [3.05, 3.63) is 46.1 Å². The Bertz CT molecular complexity index is 684. The van der Waals surface area contributed by atoms with E-state index in [-0.39, 0.29) is 0 Å². The SMILES string of the molecule is CNc1nc(C(C)C)cc(N2CCc3cc(Cl)ccc3C2)n1. The summed E-state index contributed by atoms with van der Waals surface area (Å²) in [6, 6.07) is 8.26. The van der Waals surface area contributed by atoms with Crippen molar-refractivity contribution in [1.29, 1.82) is 0 Å². The van der Waals surface area contributed by atoms with Gasteiger partial charge in [-0.2, -0.15) is 4.98 Å². The minimum atomic E-state index is 0.379. The maximum atomic E-state index is 6.08. The number of hydrogen-bond donors (Lipinski definition) is 1. The minimum absolute atomic E-state index is 0.379. The Labute approximate surface area is 136 Å². The van der Waals surface area contributed by atoms with Gasteiger partial charge in [0.15, 0.2) is 0 Å². The third kappa shape index (κ3) is 3.02. The molecule has 0 aliphatic carbocycles. The summed E-state index contributed by atoms with van der Waals surface area (Å²) in [4.78, 5) is 11.5. The van der Waals surface area contributed by atoms with Crippen LogP contribution in [0.5, 0.6) is 0 Å². The molecule has 0 fully saturated rings. The highest BCUT2D eigenvalue weighted by Crippen LogP contribution is 2.27. The van der Waals surface area contributed by atoms with Crippen LogP contribution in [0.2, 0.25) is 5.02 Å². The van der Waals surface area contributed by atoms with Gasteiger partial charge in [0.05, 0.1) is 5.69 Å². The lowest BCUT2D eigenvalue weighted by Crippen LogP contribution is -2.31. The number of nitrogens with one attached hydrogen (secondary N) is 1. The molecule has 1 aromatic carbocycles. The van der Waals surface area contributed by atoms with Crippen LogP contribution in [0.3, 0.4) is 0 Å². The first-order valence-electron chi connectivity index (χ1n) is 7.66. The molecule has 3 rings (SSSR count). The minimum Gasteiger partial charge on any atom is -0.357 e. The van der Waals surface area contributed by atoms with E-state index in [0.29, 0.717) is 11.9 Å². The number of benzene rings is 1. The first-order valence-corrected chi connectivity index (χ1v) is 8.03. The number of rotatable bonds is 3. The van der Waals surface area contributed by atoms with Crippen LogP contribution >= 0.6 is 11.6 Å². The highest BCUT2D eigenvalue weighted by Gasteiger charge is 2.19. The summed E-state index contributed by atoms with van der Waals surface area (Å²) in [5.41, 5.74) is 3.73. The zero-order valence-electron chi connectivity index (χ0n) is 13.2. The van der Waals surface area contributed by atoms with Crippen molar-refractivity contribution in [2.45, 2.75) is 32.7 Å². The Balaban J connectivity index is 1.92. The van der Waals surface area contributed by atoms with Gasteiger partial charge in [-0.25, -0.2) is 4.98 Å². The van der Waals surface area contributed by atoms with Gasteiger partial charge in [-0.15, -0.1) is 0 Å². The predicted octanol–water partition coefficient (Wildman–Crippen LogP) is 3.86. The molecule has 0 spiro atoms. The van der Waals surface area contributed by atoms with Crippen molar-refractivity contribution in [3.8, 4) is 0 Å². The zero-order chi connectivity index (χ0) is 15.7. The van der Waals surface area contributed by atoms with Gasteiger partial charge in [0.1, 0.15) is 5.82 Å². The summed E-state index contributed by atoms with van der Waals surface area (Å²) in [7, 11) is 1.86. The quantitative estimate of drug-likeness (QED) is 0.933. The average molecular weight is 317 g/mol. The monoisotopic (exact) mass is 316 g/mol. The number of nitrogens with zero attached hydrogens (tertiary/aromatic N) is 3. The topological polar surface area (TPSA) is 41.1 Å². The van der Waals surface area contributed by atoms with Crippen molar-refractivity contribution < 1.29 is 0 Å². The number of hydrogen-bond acceptors (Lipinski definition) is 4. The molecule has 0 saturated heterocycles. The first kappa shape index (κ1) is 15.1. The van der Waals surface area contributed by atoms with Crippen molar-refractivity contribution in [2.75, 3.05) is 23.8 Å². The second-order valence-electron chi connectivity index (χ2n) is 5.96. The van der Waals surface area contributed by atoms with Gasteiger partial charge in [0.2, 0.25) is 5.95 Å². The van der Waals surface area contributed by atoms with E-state index in [1.165, 1.54) is 11.1 Å². The number of anilines is 2. The van der Waals surface area contributed by atoms with Gasteiger partial charge < -0.3 is 10.2 Å². The molecule has 2 aromatic rings. The molecule has 116 valence electrons. The van der Waals surface area contributed by atoms with E-state index in [1.807, 2.05) is 13.1 Å². The van der Waals surface area contributed by atoms with Gasteiger partial charge in [-0.1, -0.05) is 31.5 Å². The predicted molar refractivity (Wildman–Crippen MR) is 91.9 cm³/mol. The first-order chi connectivity index (χ1) is 10.6. The molecule has 0 amide bonds. The van der Waals surface area contributed by atoms with Crippen LogP contribution < -0.4 is 10.2 Å².